The molecule has 1 heterocycles. The summed E-state index contributed by atoms with van der Waals surface area (Å²) in [4.78, 5) is 27.5. The second kappa shape index (κ2) is 8.25. The Kier molecular flexibility index (Phi) is 5.35. The van der Waals surface area contributed by atoms with Crippen LogP contribution in [-0.4, -0.2) is 28.8 Å². The number of carbonyl (C=O) groups is 2. The number of aliphatic hydroxyl groups is 1. The molecule has 1 N–H and O–H groups in total. The number of hydrogen-bond acceptors (Lipinski definition) is 4. The number of carbonyl (C=O) groups excluding carboxylic acids is 2. The molecule has 30 heavy (non-hydrogen) atoms. The summed E-state index contributed by atoms with van der Waals surface area (Å²) < 4.78 is 5.16. The average molecular weight is 399 g/mol. The van der Waals surface area contributed by atoms with Crippen molar-refractivity contribution in [2.75, 3.05) is 7.11 Å². The molecule has 0 radical (unpaired) electrons. The molecule has 1 aliphatic heterocycles. The van der Waals surface area contributed by atoms with E-state index in [0.29, 0.717) is 11.3 Å². The maximum Gasteiger partial charge on any atom is 0.295 e. The van der Waals surface area contributed by atoms with Gasteiger partial charge >= 0.3 is 0 Å². The van der Waals surface area contributed by atoms with Crippen molar-refractivity contribution in [1.82, 2.24) is 4.90 Å². The van der Waals surface area contributed by atoms with Gasteiger partial charge in [-0.15, -0.1) is 0 Å². The van der Waals surface area contributed by atoms with Crippen molar-refractivity contribution in [3.63, 3.8) is 0 Å². The van der Waals surface area contributed by atoms with Crippen molar-refractivity contribution in [3.8, 4) is 5.75 Å². The van der Waals surface area contributed by atoms with Crippen LogP contribution in [0.15, 0.2) is 90.5 Å². The molecule has 150 valence electrons. The van der Waals surface area contributed by atoms with E-state index in [0.717, 1.165) is 11.1 Å². The molecular formula is C25H21NO4. The zero-order chi connectivity index (χ0) is 21.1. The molecule has 0 saturated carbocycles. The minimum atomic E-state index is -0.687. The number of aliphatic hydroxyl groups excluding tert-OH is 1. The smallest absolute Gasteiger partial charge is 0.295 e. The van der Waals surface area contributed by atoms with Gasteiger partial charge in [0.2, 0.25) is 0 Å². The van der Waals surface area contributed by atoms with Gasteiger partial charge in [-0.2, -0.15) is 0 Å². The number of hydrogen-bond donors (Lipinski definition) is 1. The van der Waals surface area contributed by atoms with Gasteiger partial charge in [-0.1, -0.05) is 60.7 Å². The lowest BCUT2D eigenvalue weighted by Crippen LogP contribution is -2.29. The minimum absolute atomic E-state index is 0.0901. The monoisotopic (exact) mass is 399 g/mol. The fourth-order valence-electron chi connectivity index (χ4n) is 3.71. The number of Topliss-reactive ketones (excluding diaryl/α,β-unsaturated/α-hetero) is 1. The maximum absolute atomic E-state index is 13.0. The molecule has 3 aromatic carbocycles. The summed E-state index contributed by atoms with van der Waals surface area (Å²) in [5.41, 5.74) is 2.22. The van der Waals surface area contributed by atoms with E-state index in [1.165, 1.54) is 4.90 Å². The molecule has 1 aliphatic rings. The molecule has 1 saturated heterocycles. The zero-order valence-corrected chi connectivity index (χ0v) is 16.5. The summed E-state index contributed by atoms with van der Waals surface area (Å²) in [6.45, 7) is 0.268. The number of likely N-dealkylation sites (tertiary alicyclic amines) is 1. The Bertz CT molecular complexity index is 1090. The highest BCUT2D eigenvalue weighted by atomic mass is 16.5. The molecule has 0 aromatic heterocycles. The van der Waals surface area contributed by atoms with E-state index in [1.54, 1.807) is 31.4 Å². The van der Waals surface area contributed by atoms with Gasteiger partial charge in [0.15, 0.2) is 0 Å². The SMILES string of the molecule is COc1ccc(C(O)=C2C(=O)C(=O)N(Cc3ccccc3)C2c2ccccc2)cc1. The highest BCUT2D eigenvalue weighted by Crippen LogP contribution is 2.40. The summed E-state index contributed by atoms with van der Waals surface area (Å²) >= 11 is 0. The molecule has 1 atom stereocenters. The Morgan fingerprint density at radius 2 is 1.50 bits per heavy atom. The van der Waals surface area contributed by atoms with Crippen LogP contribution in [0.4, 0.5) is 0 Å². The number of rotatable bonds is 5. The van der Waals surface area contributed by atoms with Crippen molar-refractivity contribution in [2.24, 2.45) is 0 Å². The molecule has 3 aromatic rings. The lowest BCUT2D eigenvalue weighted by atomic mass is 9.95. The molecule has 4 rings (SSSR count). The molecule has 5 nitrogen and oxygen atoms in total. The predicted octanol–water partition coefficient (Wildman–Crippen LogP) is 4.32. The Balaban J connectivity index is 1.83. The molecule has 0 spiro atoms. The summed E-state index contributed by atoms with van der Waals surface area (Å²) in [5, 5.41) is 11.0. The van der Waals surface area contributed by atoms with Gasteiger partial charge in [0, 0.05) is 12.1 Å². The topological polar surface area (TPSA) is 66.8 Å². The van der Waals surface area contributed by atoms with Crippen LogP contribution in [0.5, 0.6) is 5.75 Å². The normalized spacial score (nSPS) is 17.9. The number of amides is 1. The Morgan fingerprint density at radius 3 is 2.10 bits per heavy atom. The Labute approximate surface area is 174 Å². The van der Waals surface area contributed by atoms with E-state index in [-0.39, 0.29) is 17.9 Å². The van der Waals surface area contributed by atoms with Crippen molar-refractivity contribution < 1.29 is 19.4 Å². The highest BCUT2D eigenvalue weighted by molar-refractivity contribution is 6.46. The lowest BCUT2D eigenvalue weighted by molar-refractivity contribution is -0.140. The van der Waals surface area contributed by atoms with Crippen LogP contribution in [0, 0.1) is 0 Å². The first-order valence-corrected chi connectivity index (χ1v) is 9.62. The van der Waals surface area contributed by atoms with Crippen LogP contribution in [0.3, 0.4) is 0 Å². The Hall–Kier alpha value is -3.86. The van der Waals surface area contributed by atoms with E-state index in [9.17, 15) is 14.7 Å². The first kappa shape index (κ1) is 19.5. The van der Waals surface area contributed by atoms with E-state index in [1.807, 2.05) is 60.7 Å². The first-order chi connectivity index (χ1) is 14.6. The highest BCUT2D eigenvalue weighted by Gasteiger charge is 2.45. The van der Waals surface area contributed by atoms with Crippen molar-refractivity contribution in [1.29, 1.82) is 0 Å². The maximum atomic E-state index is 13.0. The largest absolute Gasteiger partial charge is 0.507 e. The summed E-state index contributed by atoms with van der Waals surface area (Å²) in [6.07, 6.45) is 0. The number of methoxy groups -OCH3 is 1. The fraction of sp³-hybridized carbons (Fsp3) is 0.120. The van der Waals surface area contributed by atoms with Gasteiger partial charge in [0.05, 0.1) is 18.7 Å². The third kappa shape index (κ3) is 3.57. The van der Waals surface area contributed by atoms with Gasteiger partial charge in [-0.25, -0.2) is 0 Å². The van der Waals surface area contributed by atoms with Crippen LogP contribution in [0.2, 0.25) is 0 Å². The molecular weight excluding hydrogens is 378 g/mol. The third-order valence-corrected chi connectivity index (χ3v) is 5.21. The van der Waals surface area contributed by atoms with Crippen molar-refractivity contribution in [3.05, 3.63) is 107 Å². The van der Waals surface area contributed by atoms with Crippen molar-refractivity contribution in [2.45, 2.75) is 12.6 Å². The van der Waals surface area contributed by atoms with E-state index in [2.05, 4.69) is 0 Å². The quantitative estimate of drug-likeness (QED) is 0.394. The van der Waals surface area contributed by atoms with Crippen molar-refractivity contribution >= 4 is 17.4 Å². The number of ketones is 1. The van der Waals surface area contributed by atoms with Crippen LogP contribution < -0.4 is 4.74 Å². The lowest BCUT2D eigenvalue weighted by Gasteiger charge is -2.25. The summed E-state index contributed by atoms with van der Waals surface area (Å²) in [7, 11) is 1.55. The van der Waals surface area contributed by atoms with Gasteiger partial charge in [0.25, 0.3) is 11.7 Å². The predicted molar refractivity (Wildman–Crippen MR) is 114 cm³/mol. The summed E-state index contributed by atoms with van der Waals surface area (Å²) in [5.74, 6) is -0.869. The Morgan fingerprint density at radius 1 is 0.900 bits per heavy atom. The van der Waals surface area contributed by atoms with Crippen LogP contribution in [0.25, 0.3) is 5.76 Å². The molecule has 1 amide bonds. The first-order valence-electron chi connectivity index (χ1n) is 9.62. The van der Waals surface area contributed by atoms with E-state index < -0.39 is 17.7 Å². The fourth-order valence-corrected chi connectivity index (χ4v) is 3.71. The van der Waals surface area contributed by atoms with E-state index >= 15 is 0 Å². The molecule has 1 fully saturated rings. The second-order valence-corrected chi connectivity index (χ2v) is 7.05. The number of benzene rings is 3. The number of ether oxygens (including phenoxy) is 1. The number of nitrogens with zero attached hydrogens (tertiary/aromatic N) is 1. The minimum Gasteiger partial charge on any atom is -0.507 e. The van der Waals surface area contributed by atoms with Crippen LogP contribution >= 0.6 is 0 Å². The zero-order valence-electron chi connectivity index (χ0n) is 16.5. The summed E-state index contributed by atoms with van der Waals surface area (Å²) in [6, 6.07) is 24.8. The van der Waals surface area contributed by atoms with Crippen LogP contribution in [0.1, 0.15) is 22.7 Å². The molecule has 1 unspecified atom stereocenters. The van der Waals surface area contributed by atoms with Gasteiger partial charge < -0.3 is 14.7 Å². The standard InChI is InChI=1S/C25H21NO4/c1-30-20-14-12-19(13-15-20)23(27)21-22(18-10-6-3-7-11-18)26(25(29)24(21)28)16-17-8-4-2-5-9-17/h2-15,22,27H,16H2,1H3. The average Bonchev–Trinajstić information content (AvgIpc) is 3.05. The molecule has 0 aliphatic carbocycles. The third-order valence-electron chi connectivity index (χ3n) is 5.21. The van der Waals surface area contributed by atoms with Crippen LogP contribution in [-0.2, 0) is 16.1 Å². The van der Waals surface area contributed by atoms with E-state index in [4.69, 9.17) is 4.74 Å². The molecule has 0 bridgehead atoms. The second-order valence-electron chi connectivity index (χ2n) is 7.05. The van der Waals surface area contributed by atoms with Gasteiger partial charge in [-0.05, 0) is 35.4 Å². The van der Waals surface area contributed by atoms with Gasteiger partial charge in [-0.3, -0.25) is 9.59 Å². The molecule has 5 heteroatoms. The van der Waals surface area contributed by atoms with Gasteiger partial charge in [0.1, 0.15) is 11.5 Å².